The van der Waals surface area contributed by atoms with Crippen LogP contribution in [0.2, 0.25) is 0 Å². The van der Waals surface area contributed by atoms with Crippen molar-refractivity contribution in [2.45, 2.75) is 25.2 Å². The van der Waals surface area contributed by atoms with Gasteiger partial charge in [0.1, 0.15) is 0 Å². The molecule has 0 fully saturated rings. The molecule has 1 heterocycles. The van der Waals surface area contributed by atoms with Gasteiger partial charge in [-0.3, -0.25) is 4.68 Å². The van der Waals surface area contributed by atoms with Crippen molar-refractivity contribution >= 4 is 0 Å². The van der Waals surface area contributed by atoms with E-state index in [0.29, 0.717) is 0 Å². The lowest BCUT2D eigenvalue weighted by Gasteiger charge is -2.03. The molecule has 0 spiro atoms. The monoisotopic (exact) mass is 218 g/mol. The van der Waals surface area contributed by atoms with Crippen LogP contribution >= 0.6 is 0 Å². The number of nitriles is 1. The van der Waals surface area contributed by atoms with Crippen LogP contribution < -0.4 is 5.73 Å². The van der Waals surface area contributed by atoms with E-state index >= 15 is 0 Å². The summed E-state index contributed by atoms with van der Waals surface area (Å²) in [6.07, 6.45) is -2.94. The van der Waals surface area contributed by atoms with E-state index in [4.69, 9.17) is 11.0 Å². The Balaban J connectivity index is 2.59. The number of aryl methyl sites for hydroxylation is 1. The third-order valence-corrected chi connectivity index (χ3v) is 1.77. The van der Waals surface area contributed by atoms with Gasteiger partial charge in [0.25, 0.3) is 0 Å². The van der Waals surface area contributed by atoms with E-state index in [1.807, 2.05) is 0 Å². The standard InChI is InChI=1S/C8H9F3N4/c9-8(10,11)7-2-4-15(14-7)3-1-6(13)5-12/h2,4,6H,1,3,13H2. The second-order valence-corrected chi connectivity index (χ2v) is 2.99. The fourth-order valence-corrected chi connectivity index (χ4v) is 0.973. The van der Waals surface area contributed by atoms with Crippen molar-refractivity contribution in [3.8, 4) is 6.07 Å². The van der Waals surface area contributed by atoms with Gasteiger partial charge >= 0.3 is 6.18 Å². The molecule has 0 radical (unpaired) electrons. The highest BCUT2D eigenvalue weighted by molar-refractivity contribution is 5.03. The Morgan fingerprint density at radius 2 is 2.27 bits per heavy atom. The first kappa shape index (κ1) is 11.5. The number of halogens is 3. The second kappa shape index (κ2) is 4.31. The summed E-state index contributed by atoms with van der Waals surface area (Å²) >= 11 is 0. The minimum absolute atomic E-state index is 0.199. The normalized spacial score (nSPS) is 13.5. The number of hydrogen-bond donors (Lipinski definition) is 1. The van der Waals surface area contributed by atoms with Gasteiger partial charge in [0, 0.05) is 12.7 Å². The van der Waals surface area contributed by atoms with Crippen molar-refractivity contribution in [2.75, 3.05) is 0 Å². The molecule has 1 aromatic rings. The van der Waals surface area contributed by atoms with Gasteiger partial charge in [-0.2, -0.15) is 23.5 Å². The largest absolute Gasteiger partial charge is 0.435 e. The van der Waals surface area contributed by atoms with Crippen LogP contribution in [0.25, 0.3) is 0 Å². The molecular weight excluding hydrogens is 209 g/mol. The topological polar surface area (TPSA) is 67.6 Å². The van der Waals surface area contributed by atoms with Crippen molar-refractivity contribution < 1.29 is 13.2 Å². The Kier molecular flexibility index (Phi) is 3.31. The summed E-state index contributed by atoms with van der Waals surface area (Å²) in [5, 5.41) is 11.7. The molecule has 0 aliphatic rings. The molecule has 0 aliphatic carbocycles. The molecular formula is C8H9F3N4. The lowest BCUT2D eigenvalue weighted by atomic mass is 10.2. The fourth-order valence-electron chi connectivity index (χ4n) is 0.973. The highest BCUT2D eigenvalue weighted by Crippen LogP contribution is 2.27. The Bertz CT molecular complexity index is 363. The van der Waals surface area contributed by atoms with Gasteiger partial charge in [-0.15, -0.1) is 0 Å². The highest BCUT2D eigenvalue weighted by atomic mass is 19.4. The Labute approximate surface area is 84.1 Å². The van der Waals surface area contributed by atoms with Gasteiger partial charge in [-0.05, 0) is 12.5 Å². The number of nitrogens with two attached hydrogens (primary N) is 1. The molecule has 0 bridgehead atoms. The van der Waals surface area contributed by atoms with Crippen molar-refractivity contribution in [1.29, 1.82) is 5.26 Å². The Morgan fingerprint density at radius 1 is 1.60 bits per heavy atom. The molecule has 0 saturated carbocycles. The van der Waals surface area contributed by atoms with E-state index in [1.165, 1.54) is 6.20 Å². The van der Waals surface area contributed by atoms with Gasteiger partial charge in [0.05, 0.1) is 12.1 Å². The maximum atomic E-state index is 12.1. The molecule has 0 aliphatic heterocycles. The lowest BCUT2D eigenvalue weighted by Crippen LogP contribution is -2.20. The van der Waals surface area contributed by atoms with Crippen LogP contribution in [0.15, 0.2) is 12.3 Å². The van der Waals surface area contributed by atoms with Crippen molar-refractivity contribution in [1.82, 2.24) is 9.78 Å². The summed E-state index contributed by atoms with van der Waals surface area (Å²) in [4.78, 5) is 0. The zero-order valence-corrected chi connectivity index (χ0v) is 7.70. The fraction of sp³-hybridized carbons (Fsp3) is 0.500. The van der Waals surface area contributed by atoms with Crippen molar-refractivity contribution in [2.24, 2.45) is 5.73 Å². The molecule has 1 aromatic heterocycles. The molecule has 2 N–H and O–H groups in total. The average Bonchev–Trinajstić information content (AvgIpc) is 2.61. The molecule has 0 saturated heterocycles. The average molecular weight is 218 g/mol. The number of rotatable bonds is 3. The van der Waals surface area contributed by atoms with E-state index in [0.717, 1.165) is 10.7 Å². The zero-order chi connectivity index (χ0) is 11.5. The molecule has 82 valence electrons. The smallest absolute Gasteiger partial charge is 0.316 e. The lowest BCUT2D eigenvalue weighted by molar-refractivity contribution is -0.141. The van der Waals surface area contributed by atoms with E-state index in [1.54, 1.807) is 6.07 Å². The predicted molar refractivity (Wildman–Crippen MR) is 45.4 cm³/mol. The van der Waals surface area contributed by atoms with Gasteiger partial charge in [0.2, 0.25) is 0 Å². The van der Waals surface area contributed by atoms with Crippen LogP contribution in [0, 0.1) is 11.3 Å². The van der Waals surface area contributed by atoms with Crippen LogP contribution in [0.4, 0.5) is 13.2 Å². The number of nitrogens with zero attached hydrogens (tertiary/aromatic N) is 3. The summed E-state index contributed by atoms with van der Waals surface area (Å²) in [5.41, 5.74) is 4.35. The SMILES string of the molecule is N#CC(N)CCn1ccc(C(F)(F)F)n1. The minimum Gasteiger partial charge on any atom is -0.316 e. The number of hydrogen-bond acceptors (Lipinski definition) is 3. The van der Waals surface area contributed by atoms with Crippen LogP contribution in [0.5, 0.6) is 0 Å². The molecule has 7 heteroatoms. The van der Waals surface area contributed by atoms with Gasteiger partial charge in [0.15, 0.2) is 5.69 Å². The summed E-state index contributed by atoms with van der Waals surface area (Å²) in [5.74, 6) is 0. The highest BCUT2D eigenvalue weighted by Gasteiger charge is 2.33. The number of alkyl halides is 3. The Morgan fingerprint density at radius 3 is 2.73 bits per heavy atom. The molecule has 1 unspecified atom stereocenters. The van der Waals surface area contributed by atoms with Crippen LogP contribution in [0.1, 0.15) is 12.1 Å². The maximum absolute atomic E-state index is 12.1. The van der Waals surface area contributed by atoms with E-state index in [-0.39, 0.29) is 13.0 Å². The van der Waals surface area contributed by atoms with Crippen molar-refractivity contribution in [3.05, 3.63) is 18.0 Å². The van der Waals surface area contributed by atoms with Gasteiger partial charge < -0.3 is 5.73 Å². The van der Waals surface area contributed by atoms with Crippen LogP contribution in [-0.2, 0) is 12.7 Å². The van der Waals surface area contributed by atoms with Crippen molar-refractivity contribution in [3.63, 3.8) is 0 Å². The van der Waals surface area contributed by atoms with E-state index < -0.39 is 17.9 Å². The third kappa shape index (κ3) is 3.25. The molecule has 4 nitrogen and oxygen atoms in total. The van der Waals surface area contributed by atoms with E-state index in [2.05, 4.69) is 5.10 Å². The van der Waals surface area contributed by atoms with Crippen LogP contribution in [-0.4, -0.2) is 15.8 Å². The zero-order valence-electron chi connectivity index (χ0n) is 7.70. The molecule has 0 aromatic carbocycles. The Hall–Kier alpha value is -1.55. The van der Waals surface area contributed by atoms with Gasteiger partial charge in [-0.25, -0.2) is 0 Å². The van der Waals surface area contributed by atoms with E-state index in [9.17, 15) is 13.2 Å². The third-order valence-electron chi connectivity index (χ3n) is 1.77. The maximum Gasteiger partial charge on any atom is 0.435 e. The first-order valence-electron chi connectivity index (χ1n) is 4.19. The first-order chi connectivity index (χ1) is 6.93. The first-order valence-corrected chi connectivity index (χ1v) is 4.19. The summed E-state index contributed by atoms with van der Waals surface area (Å²) in [6.45, 7) is 0.199. The minimum atomic E-state index is -4.43. The molecule has 1 atom stereocenters. The summed E-state index contributed by atoms with van der Waals surface area (Å²) in [7, 11) is 0. The predicted octanol–water partition coefficient (Wildman–Crippen LogP) is 1.14. The van der Waals surface area contributed by atoms with Gasteiger partial charge in [-0.1, -0.05) is 0 Å². The molecule has 0 amide bonds. The second-order valence-electron chi connectivity index (χ2n) is 2.99. The molecule has 1 rings (SSSR count). The summed E-state index contributed by atoms with van der Waals surface area (Å²) in [6, 6.07) is 2.00. The quantitative estimate of drug-likeness (QED) is 0.827. The number of aromatic nitrogens is 2. The molecule has 15 heavy (non-hydrogen) atoms. The summed E-state index contributed by atoms with van der Waals surface area (Å²) < 4.78 is 37.5. The van der Waals surface area contributed by atoms with Crippen LogP contribution in [0.3, 0.4) is 0 Å².